The molecular formula is C21H19ClN4O2S. The number of imidazole rings is 1. The Morgan fingerprint density at radius 3 is 2.52 bits per heavy atom. The molecule has 0 spiro atoms. The van der Waals surface area contributed by atoms with Crippen LogP contribution in [0, 0.1) is 0 Å². The van der Waals surface area contributed by atoms with Gasteiger partial charge in [0.2, 0.25) is 5.91 Å². The van der Waals surface area contributed by atoms with Gasteiger partial charge < -0.3 is 9.88 Å². The Kier molecular flexibility index (Phi) is 5.87. The second-order valence-electron chi connectivity index (χ2n) is 6.56. The molecular weight excluding hydrogens is 408 g/mol. The number of aromatic nitrogens is 2. The number of benzene rings is 2. The van der Waals surface area contributed by atoms with E-state index < -0.39 is 0 Å². The van der Waals surface area contributed by atoms with Gasteiger partial charge in [-0.2, -0.15) is 0 Å². The van der Waals surface area contributed by atoms with Gasteiger partial charge in [-0.15, -0.1) is 0 Å². The summed E-state index contributed by atoms with van der Waals surface area (Å²) in [5.74, 6) is 0.385. The summed E-state index contributed by atoms with van der Waals surface area (Å²) >= 11 is 7.56. The first-order chi connectivity index (χ1) is 14.1. The van der Waals surface area contributed by atoms with E-state index in [0.29, 0.717) is 23.9 Å². The molecule has 3 aromatic rings. The Balaban J connectivity index is 1.56. The van der Waals surface area contributed by atoms with Crippen molar-refractivity contribution in [1.29, 1.82) is 0 Å². The van der Waals surface area contributed by atoms with Crippen LogP contribution in [-0.4, -0.2) is 45.2 Å². The Labute approximate surface area is 177 Å². The average molecular weight is 427 g/mol. The zero-order valence-corrected chi connectivity index (χ0v) is 17.1. The number of thioether (sulfide) groups is 1. The minimum absolute atomic E-state index is 0.0762. The second-order valence-corrected chi connectivity index (χ2v) is 8.06. The lowest BCUT2D eigenvalue weighted by Crippen LogP contribution is -2.32. The van der Waals surface area contributed by atoms with E-state index in [0.717, 1.165) is 22.0 Å². The molecule has 2 heterocycles. The lowest BCUT2D eigenvalue weighted by Gasteiger charge is -2.14. The molecule has 1 saturated heterocycles. The maximum absolute atomic E-state index is 11.8. The van der Waals surface area contributed by atoms with E-state index in [-0.39, 0.29) is 18.5 Å². The molecule has 1 N–H and O–H groups in total. The largest absolute Gasteiger partial charge is 0.329 e. The highest BCUT2D eigenvalue weighted by Crippen LogP contribution is 2.28. The molecule has 29 heavy (non-hydrogen) atoms. The van der Waals surface area contributed by atoms with Crippen molar-refractivity contribution in [2.24, 2.45) is 0 Å². The van der Waals surface area contributed by atoms with Gasteiger partial charge in [-0.25, -0.2) is 9.78 Å². The summed E-state index contributed by atoms with van der Waals surface area (Å²) in [4.78, 5) is 29.3. The zero-order valence-electron chi connectivity index (χ0n) is 15.5. The Bertz CT molecular complexity index is 1000. The fourth-order valence-electron chi connectivity index (χ4n) is 3.15. The van der Waals surface area contributed by atoms with Crippen LogP contribution in [0.5, 0.6) is 0 Å². The molecule has 4 rings (SSSR count). The van der Waals surface area contributed by atoms with Crippen molar-refractivity contribution in [1.82, 2.24) is 19.8 Å². The SMILES string of the molecule is O=C1CNC(=O)N1CCSc1ncc(-c2ccc(Cl)cc2)n1Cc1ccccc1. The van der Waals surface area contributed by atoms with Crippen molar-refractivity contribution in [3.05, 3.63) is 71.4 Å². The number of carbonyl (C=O) groups is 2. The van der Waals surface area contributed by atoms with Gasteiger partial charge >= 0.3 is 6.03 Å². The summed E-state index contributed by atoms with van der Waals surface area (Å²) in [6.45, 7) is 1.10. The minimum atomic E-state index is -0.329. The van der Waals surface area contributed by atoms with Gasteiger partial charge in [0, 0.05) is 17.3 Å². The third kappa shape index (κ3) is 4.46. The standard InChI is InChI=1S/C21H19ClN4O2S/c22-17-8-6-16(7-9-17)18-12-24-21(26(18)14-15-4-2-1-3-5-15)29-11-10-25-19(27)13-23-20(25)28/h1-9,12H,10-11,13-14H2,(H,23,28). The highest BCUT2D eigenvalue weighted by atomic mass is 35.5. The van der Waals surface area contributed by atoms with Crippen LogP contribution in [0.3, 0.4) is 0 Å². The molecule has 0 saturated carbocycles. The van der Waals surface area contributed by atoms with Crippen LogP contribution in [0.1, 0.15) is 5.56 Å². The number of halogens is 1. The number of nitrogens with one attached hydrogen (secondary N) is 1. The number of amides is 3. The normalized spacial score (nSPS) is 13.8. The summed E-state index contributed by atoms with van der Waals surface area (Å²) in [6.07, 6.45) is 1.85. The molecule has 0 radical (unpaired) electrons. The molecule has 0 unspecified atom stereocenters. The smallest absolute Gasteiger partial charge is 0.324 e. The van der Waals surface area contributed by atoms with E-state index in [9.17, 15) is 9.59 Å². The zero-order chi connectivity index (χ0) is 20.2. The number of carbonyl (C=O) groups excluding carboxylic acids is 2. The van der Waals surface area contributed by atoms with Crippen LogP contribution < -0.4 is 5.32 Å². The summed E-state index contributed by atoms with van der Waals surface area (Å²) in [5.41, 5.74) is 3.18. The molecule has 0 atom stereocenters. The predicted molar refractivity (Wildman–Crippen MR) is 114 cm³/mol. The lowest BCUT2D eigenvalue weighted by atomic mass is 10.1. The van der Waals surface area contributed by atoms with Crippen molar-refractivity contribution in [3.63, 3.8) is 0 Å². The topological polar surface area (TPSA) is 67.2 Å². The predicted octanol–water partition coefficient (Wildman–Crippen LogP) is 3.90. The van der Waals surface area contributed by atoms with Gasteiger partial charge in [0.1, 0.15) is 0 Å². The first kappa shape index (κ1) is 19.5. The van der Waals surface area contributed by atoms with Crippen LogP contribution in [-0.2, 0) is 11.3 Å². The number of rotatable bonds is 7. The van der Waals surface area contributed by atoms with Gasteiger partial charge in [-0.1, -0.05) is 65.8 Å². The summed E-state index contributed by atoms with van der Waals surface area (Å²) in [6, 6.07) is 17.5. The Hall–Kier alpha value is -2.77. The van der Waals surface area contributed by atoms with E-state index in [1.165, 1.54) is 16.7 Å². The molecule has 1 aliphatic heterocycles. The Morgan fingerprint density at radius 2 is 1.83 bits per heavy atom. The number of hydrogen-bond acceptors (Lipinski definition) is 4. The fourth-order valence-corrected chi connectivity index (χ4v) is 4.18. The van der Waals surface area contributed by atoms with Crippen LogP contribution in [0.4, 0.5) is 4.79 Å². The van der Waals surface area contributed by atoms with Crippen LogP contribution in [0.15, 0.2) is 66.0 Å². The third-order valence-electron chi connectivity index (χ3n) is 4.63. The monoisotopic (exact) mass is 426 g/mol. The highest BCUT2D eigenvalue weighted by Gasteiger charge is 2.28. The van der Waals surface area contributed by atoms with Gasteiger partial charge in [-0.05, 0) is 23.3 Å². The molecule has 8 heteroatoms. The second kappa shape index (κ2) is 8.71. The van der Waals surface area contributed by atoms with Crippen LogP contribution in [0.2, 0.25) is 5.02 Å². The Morgan fingerprint density at radius 1 is 1.07 bits per heavy atom. The highest BCUT2D eigenvalue weighted by molar-refractivity contribution is 7.99. The molecule has 1 aliphatic rings. The average Bonchev–Trinajstić information content (AvgIpc) is 3.27. The van der Waals surface area contributed by atoms with Crippen LogP contribution in [0.25, 0.3) is 11.3 Å². The van der Waals surface area contributed by atoms with E-state index in [2.05, 4.69) is 27.0 Å². The number of hydrogen-bond donors (Lipinski definition) is 1. The first-order valence-corrected chi connectivity index (χ1v) is 10.5. The van der Waals surface area contributed by atoms with E-state index >= 15 is 0 Å². The van der Waals surface area contributed by atoms with E-state index in [4.69, 9.17) is 11.6 Å². The van der Waals surface area contributed by atoms with E-state index in [1.807, 2.05) is 48.7 Å². The summed E-state index contributed by atoms with van der Waals surface area (Å²) < 4.78 is 2.15. The van der Waals surface area contributed by atoms with Crippen molar-refractivity contribution >= 4 is 35.3 Å². The van der Waals surface area contributed by atoms with Crippen molar-refractivity contribution < 1.29 is 9.59 Å². The van der Waals surface area contributed by atoms with E-state index in [1.54, 1.807) is 0 Å². The number of urea groups is 1. The number of imide groups is 1. The van der Waals surface area contributed by atoms with Crippen LogP contribution >= 0.6 is 23.4 Å². The molecule has 3 amide bonds. The molecule has 148 valence electrons. The van der Waals surface area contributed by atoms with Crippen molar-refractivity contribution in [2.75, 3.05) is 18.8 Å². The lowest BCUT2D eigenvalue weighted by molar-refractivity contribution is -0.124. The molecule has 1 fully saturated rings. The maximum Gasteiger partial charge on any atom is 0.324 e. The van der Waals surface area contributed by atoms with Gasteiger partial charge in [0.15, 0.2) is 5.16 Å². The van der Waals surface area contributed by atoms with Gasteiger partial charge in [-0.3, -0.25) is 9.69 Å². The maximum atomic E-state index is 11.8. The molecule has 0 bridgehead atoms. The van der Waals surface area contributed by atoms with Gasteiger partial charge in [0.25, 0.3) is 0 Å². The summed E-state index contributed by atoms with van der Waals surface area (Å²) in [5, 5.41) is 4.06. The van der Waals surface area contributed by atoms with Crippen molar-refractivity contribution in [3.8, 4) is 11.3 Å². The summed E-state index contributed by atoms with van der Waals surface area (Å²) in [7, 11) is 0. The quantitative estimate of drug-likeness (QED) is 0.459. The number of nitrogens with zero attached hydrogens (tertiary/aromatic N) is 3. The fraction of sp³-hybridized carbons (Fsp3) is 0.190. The molecule has 2 aromatic carbocycles. The molecule has 0 aliphatic carbocycles. The molecule has 6 nitrogen and oxygen atoms in total. The first-order valence-electron chi connectivity index (χ1n) is 9.18. The van der Waals surface area contributed by atoms with Gasteiger partial charge in [0.05, 0.1) is 25.0 Å². The molecule has 1 aromatic heterocycles. The van der Waals surface area contributed by atoms with Crippen molar-refractivity contribution in [2.45, 2.75) is 11.7 Å². The minimum Gasteiger partial charge on any atom is -0.329 e. The third-order valence-corrected chi connectivity index (χ3v) is 5.85.